The zero-order valence-electron chi connectivity index (χ0n) is 5.66. The summed E-state index contributed by atoms with van der Waals surface area (Å²) in [6.45, 7) is 0.234. The molecule has 0 radical (unpaired) electrons. The first-order chi connectivity index (χ1) is 5.40. The van der Waals surface area contributed by atoms with Gasteiger partial charge >= 0.3 is 0 Å². The molecule has 0 unspecified atom stereocenters. The minimum Gasteiger partial charge on any atom is -0.454 e. The van der Waals surface area contributed by atoms with E-state index in [2.05, 4.69) is 0 Å². The van der Waals surface area contributed by atoms with Gasteiger partial charge in [0, 0.05) is 16.2 Å². The molecule has 56 valence electrons. The van der Waals surface area contributed by atoms with Crippen LogP contribution in [0, 0.1) is 4.91 Å². The summed E-state index contributed by atoms with van der Waals surface area (Å²) in [4.78, 5) is 10.2. The first-order valence-electron chi connectivity index (χ1n) is 3.18. The van der Waals surface area contributed by atoms with E-state index in [1.807, 2.05) is 0 Å². The quantitative estimate of drug-likeness (QED) is 0.611. The molecule has 0 spiro atoms. The third-order valence-electron chi connectivity index (χ3n) is 1.49. The SMILES string of the molecule is O=[NH+]c1ccc2c(c1)OCO2. The molecule has 0 aliphatic carbocycles. The van der Waals surface area contributed by atoms with E-state index in [0.717, 1.165) is 0 Å². The van der Waals surface area contributed by atoms with Crippen molar-refractivity contribution >= 4 is 5.69 Å². The van der Waals surface area contributed by atoms with Crippen LogP contribution in [0.1, 0.15) is 0 Å². The average molecular weight is 152 g/mol. The van der Waals surface area contributed by atoms with Gasteiger partial charge < -0.3 is 9.47 Å². The van der Waals surface area contributed by atoms with Crippen LogP contribution in [0.5, 0.6) is 11.5 Å². The van der Waals surface area contributed by atoms with Crippen LogP contribution in [0.15, 0.2) is 18.2 Å². The summed E-state index contributed by atoms with van der Waals surface area (Å²) in [6, 6.07) is 4.94. The van der Waals surface area contributed by atoms with Crippen molar-refractivity contribution in [2.24, 2.45) is 0 Å². The molecule has 2 rings (SSSR count). The van der Waals surface area contributed by atoms with Gasteiger partial charge in [-0.1, -0.05) is 0 Å². The van der Waals surface area contributed by atoms with Gasteiger partial charge in [0.25, 0.3) is 5.69 Å². The van der Waals surface area contributed by atoms with Crippen LogP contribution in [0.2, 0.25) is 0 Å². The van der Waals surface area contributed by atoms with Crippen LogP contribution in [-0.4, -0.2) is 6.79 Å². The van der Waals surface area contributed by atoms with Gasteiger partial charge in [-0.2, -0.15) is 0 Å². The second-order valence-corrected chi connectivity index (χ2v) is 2.17. The molecule has 0 bridgehead atoms. The fourth-order valence-electron chi connectivity index (χ4n) is 0.960. The van der Waals surface area contributed by atoms with Crippen molar-refractivity contribution in [3.63, 3.8) is 0 Å². The van der Waals surface area contributed by atoms with E-state index in [1.54, 1.807) is 23.4 Å². The first-order valence-corrected chi connectivity index (χ1v) is 3.18. The van der Waals surface area contributed by atoms with Gasteiger partial charge in [0.15, 0.2) is 11.5 Å². The lowest BCUT2D eigenvalue weighted by molar-refractivity contribution is -0.379. The lowest BCUT2D eigenvalue weighted by Crippen LogP contribution is -2.55. The summed E-state index contributed by atoms with van der Waals surface area (Å²) in [7, 11) is 0. The molecule has 1 aliphatic heterocycles. The average Bonchev–Trinajstić information content (AvgIpc) is 2.50. The number of benzene rings is 1. The normalized spacial score (nSPS) is 13.1. The molecular weight excluding hydrogens is 146 g/mol. The lowest BCUT2D eigenvalue weighted by Gasteiger charge is -1.90. The van der Waals surface area contributed by atoms with Gasteiger partial charge in [0.05, 0.1) is 6.07 Å². The Morgan fingerprint density at radius 1 is 1.27 bits per heavy atom. The number of hydrogen-bond donors (Lipinski definition) is 1. The first kappa shape index (κ1) is 6.15. The third-order valence-corrected chi connectivity index (χ3v) is 1.49. The van der Waals surface area contributed by atoms with Crippen molar-refractivity contribution in [2.75, 3.05) is 6.79 Å². The third kappa shape index (κ3) is 0.920. The Hall–Kier alpha value is -1.58. The number of nitrogens with one attached hydrogen (secondary N) is 1. The molecule has 1 heterocycles. The highest BCUT2D eigenvalue weighted by Crippen LogP contribution is 2.32. The van der Waals surface area contributed by atoms with Crippen LogP contribution < -0.4 is 14.7 Å². The highest BCUT2D eigenvalue weighted by molar-refractivity contribution is 5.49. The maximum absolute atomic E-state index is 10.2. The molecule has 0 aromatic heterocycles. The molecule has 1 aromatic rings. The lowest BCUT2D eigenvalue weighted by atomic mass is 10.3. The van der Waals surface area contributed by atoms with Crippen LogP contribution in [0.25, 0.3) is 0 Å². The van der Waals surface area contributed by atoms with Crippen molar-refractivity contribution < 1.29 is 14.7 Å². The van der Waals surface area contributed by atoms with Crippen LogP contribution in [0.4, 0.5) is 5.69 Å². The van der Waals surface area contributed by atoms with Crippen LogP contribution >= 0.6 is 0 Å². The Balaban J connectivity index is 2.48. The summed E-state index contributed by atoms with van der Waals surface area (Å²) in [5, 5.41) is 1.77. The predicted molar refractivity (Wildman–Crippen MR) is 36.6 cm³/mol. The van der Waals surface area contributed by atoms with E-state index in [9.17, 15) is 4.91 Å². The number of fused-ring (bicyclic) bond motifs is 1. The highest BCUT2D eigenvalue weighted by Gasteiger charge is 2.14. The molecule has 4 heteroatoms. The Labute approximate surface area is 62.7 Å². The Bertz CT molecular complexity index is 298. The van der Waals surface area contributed by atoms with Gasteiger partial charge in [-0.15, -0.1) is 0 Å². The Kier molecular flexibility index (Phi) is 1.25. The van der Waals surface area contributed by atoms with Crippen LogP contribution in [-0.2, 0) is 0 Å². The summed E-state index contributed by atoms with van der Waals surface area (Å²) >= 11 is 0. The Morgan fingerprint density at radius 3 is 2.91 bits per heavy atom. The largest absolute Gasteiger partial charge is 0.454 e. The van der Waals surface area contributed by atoms with Gasteiger partial charge in [0.1, 0.15) is 0 Å². The molecule has 0 saturated heterocycles. The fourth-order valence-corrected chi connectivity index (χ4v) is 0.960. The summed E-state index contributed by atoms with van der Waals surface area (Å²) in [6.07, 6.45) is 0. The molecule has 1 N–H and O–H groups in total. The standard InChI is InChI=1S/C7H5NO3/c9-8-5-1-2-6-7(3-5)11-4-10-6/h1-3H,4H2/p+1. The van der Waals surface area contributed by atoms with E-state index in [0.29, 0.717) is 17.2 Å². The van der Waals surface area contributed by atoms with Gasteiger partial charge in [-0.05, 0) is 6.07 Å². The van der Waals surface area contributed by atoms with Gasteiger partial charge in [0.2, 0.25) is 6.79 Å². The summed E-state index contributed by atoms with van der Waals surface area (Å²) < 4.78 is 10.1. The smallest absolute Gasteiger partial charge is 0.257 e. The van der Waals surface area contributed by atoms with Crippen molar-refractivity contribution in [3.05, 3.63) is 23.1 Å². The molecule has 0 saturated carbocycles. The van der Waals surface area contributed by atoms with Crippen LogP contribution in [0.3, 0.4) is 0 Å². The van der Waals surface area contributed by atoms with Crippen molar-refractivity contribution in [1.29, 1.82) is 0 Å². The molecule has 0 fully saturated rings. The molecular formula is C7H6NO3+. The summed E-state index contributed by atoms with van der Waals surface area (Å²) in [5.74, 6) is 1.30. The monoisotopic (exact) mass is 152 g/mol. The number of nitroso groups, excluding NO2 is 1. The van der Waals surface area contributed by atoms with Gasteiger partial charge in [-0.3, -0.25) is 0 Å². The summed E-state index contributed by atoms with van der Waals surface area (Å²) in [5.41, 5.74) is 0.481. The number of rotatable bonds is 1. The minimum absolute atomic E-state index is 0.234. The zero-order valence-corrected chi connectivity index (χ0v) is 5.66. The molecule has 11 heavy (non-hydrogen) atoms. The van der Waals surface area contributed by atoms with Crippen molar-refractivity contribution in [2.45, 2.75) is 0 Å². The van der Waals surface area contributed by atoms with E-state index < -0.39 is 0 Å². The second-order valence-electron chi connectivity index (χ2n) is 2.17. The topological polar surface area (TPSA) is 49.5 Å². The molecule has 4 nitrogen and oxygen atoms in total. The van der Waals surface area contributed by atoms with Gasteiger partial charge in [-0.25, -0.2) is 0 Å². The predicted octanol–water partition coefficient (Wildman–Crippen LogP) is -0.106. The molecule has 0 atom stereocenters. The fraction of sp³-hybridized carbons (Fsp3) is 0.143. The molecule has 1 aromatic carbocycles. The second kappa shape index (κ2) is 2.23. The molecule has 1 aliphatic rings. The zero-order chi connectivity index (χ0) is 7.68. The van der Waals surface area contributed by atoms with Crippen molar-refractivity contribution in [3.8, 4) is 11.5 Å². The number of ether oxygens (including phenoxy) is 2. The highest BCUT2D eigenvalue weighted by atomic mass is 16.7. The molecule has 0 amide bonds. The maximum Gasteiger partial charge on any atom is 0.257 e. The maximum atomic E-state index is 10.2. The minimum atomic E-state index is 0.234. The van der Waals surface area contributed by atoms with E-state index >= 15 is 0 Å². The van der Waals surface area contributed by atoms with E-state index in [1.165, 1.54) is 0 Å². The number of hydrogen-bond acceptors (Lipinski definition) is 3. The van der Waals surface area contributed by atoms with E-state index in [-0.39, 0.29) is 6.79 Å². The Morgan fingerprint density at radius 2 is 2.09 bits per heavy atom. The van der Waals surface area contributed by atoms with E-state index in [4.69, 9.17) is 9.47 Å². The van der Waals surface area contributed by atoms with Crippen molar-refractivity contribution in [1.82, 2.24) is 0 Å².